The van der Waals surface area contributed by atoms with E-state index in [0.717, 1.165) is 10.6 Å². The zero-order valence-electron chi connectivity index (χ0n) is 18.6. The number of aliphatic hydroxyl groups excluding tert-OH is 5. The average molecular weight is 490 g/mol. The number of azo groups is 1. The molecule has 0 spiro atoms. The number of nitrogens with zero attached hydrogens (tertiary/aromatic N) is 3. The molecule has 0 amide bonds. The van der Waals surface area contributed by atoms with Gasteiger partial charge in [0.25, 0.3) is 0 Å². The molecule has 10 heteroatoms. The van der Waals surface area contributed by atoms with Crippen molar-refractivity contribution in [3.05, 3.63) is 72.5 Å². The molecule has 1 aromatic rings. The molecule has 3 rings (SSSR count). The molecule has 0 aromatic heterocycles. The van der Waals surface area contributed by atoms with Crippen LogP contribution in [0.1, 0.15) is 12.8 Å². The van der Waals surface area contributed by atoms with Gasteiger partial charge in [0.1, 0.15) is 18.3 Å². The van der Waals surface area contributed by atoms with Crippen LogP contribution in [0.3, 0.4) is 0 Å². The van der Waals surface area contributed by atoms with Crippen LogP contribution in [0.2, 0.25) is 0 Å². The highest BCUT2D eigenvalue weighted by atomic mass is 32.2. The van der Waals surface area contributed by atoms with Gasteiger partial charge in [-0.3, -0.25) is 0 Å². The van der Waals surface area contributed by atoms with Crippen molar-refractivity contribution in [3.8, 4) is 0 Å². The molecule has 6 N–H and O–H groups in total. The maximum Gasteiger partial charge on any atom is 0.111 e. The number of allylic oxidation sites excluding steroid dienone is 3. The number of aliphatic hydroxyl groups is 5. The summed E-state index contributed by atoms with van der Waals surface area (Å²) in [5.41, 5.74) is 1.52. The molecule has 0 fully saturated rings. The molecular formula is C24H31N3O6S. The zero-order chi connectivity index (χ0) is 24.5. The quantitative estimate of drug-likeness (QED) is 0.205. The van der Waals surface area contributed by atoms with Crippen LogP contribution in [0.15, 0.2) is 87.6 Å². The molecule has 1 aromatic carbocycles. The summed E-state index contributed by atoms with van der Waals surface area (Å²) in [6, 6.07) is 6.84. The fourth-order valence-electron chi connectivity index (χ4n) is 3.71. The van der Waals surface area contributed by atoms with Crippen molar-refractivity contribution in [3.63, 3.8) is 0 Å². The molecule has 34 heavy (non-hydrogen) atoms. The van der Waals surface area contributed by atoms with Crippen molar-refractivity contribution in [2.45, 2.75) is 54.2 Å². The topological polar surface area (TPSA) is 149 Å². The van der Waals surface area contributed by atoms with E-state index in [2.05, 4.69) is 10.2 Å². The minimum atomic E-state index is -1.67. The highest BCUT2D eigenvalue weighted by molar-refractivity contribution is 7.93. The van der Waals surface area contributed by atoms with Gasteiger partial charge in [0.15, 0.2) is 0 Å². The fourth-order valence-corrected chi connectivity index (χ4v) is 3.97. The molecule has 0 heterocycles. The Kier molecular flexibility index (Phi) is 10.0. The van der Waals surface area contributed by atoms with Gasteiger partial charge in [-0.1, -0.05) is 36.5 Å². The normalized spacial score (nSPS) is 23.5. The first-order valence-corrected chi connectivity index (χ1v) is 11.8. The Morgan fingerprint density at radius 1 is 0.971 bits per heavy atom. The van der Waals surface area contributed by atoms with Gasteiger partial charge in [0.05, 0.1) is 30.5 Å². The van der Waals surface area contributed by atoms with Crippen LogP contribution in [0, 0.1) is 0 Å². The van der Waals surface area contributed by atoms with Crippen LogP contribution in [-0.2, 0) is 0 Å². The predicted octanol–water partition coefficient (Wildman–Crippen LogP) is 2.17. The first kappa shape index (κ1) is 26.3. The minimum absolute atomic E-state index is 0.0107. The SMILES string of the molecule is OCC(O)C(O)C(O)C(O)CN(C1=CCC(N=Nc2ccc(SO)cc2)C=C1)C1C=CC=CC1. The monoisotopic (exact) mass is 489 g/mol. The van der Waals surface area contributed by atoms with Gasteiger partial charge in [0, 0.05) is 29.2 Å². The lowest BCUT2D eigenvalue weighted by atomic mass is 9.99. The molecule has 9 nitrogen and oxygen atoms in total. The Bertz CT molecular complexity index is 933. The Morgan fingerprint density at radius 2 is 1.71 bits per heavy atom. The summed E-state index contributed by atoms with van der Waals surface area (Å²) in [7, 11) is 0. The predicted molar refractivity (Wildman–Crippen MR) is 130 cm³/mol. The van der Waals surface area contributed by atoms with E-state index in [-0.39, 0.29) is 18.6 Å². The maximum absolute atomic E-state index is 10.6. The fraction of sp³-hybridized carbons (Fsp3) is 0.417. The average Bonchev–Trinajstić information content (AvgIpc) is 2.90. The molecule has 6 unspecified atom stereocenters. The van der Waals surface area contributed by atoms with Gasteiger partial charge in [-0.2, -0.15) is 10.2 Å². The lowest BCUT2D eigenvalue weighted by Gasteiger charge is -2.37. The Labute approximate surface area is 203 Å². The maximum atomic E-state index is 10.6. The third-order valence-electron chi connectivity index (χ3n) is 5.72. The van der Waals surface area contributed by atoms with Crippen LogP contribution in [0.4, 0.5) is 5.69 Å². The van der Waals surface area contributed by atoms with E-state index >= 15 is 0 Å². The second kappa shape index (κ2) is 13.0. The molecule has 6 atom stereocenters. The van der Waals surface area contributed by atoms with Gasteiger partial charge in [-0.15, -0.1) is 0 Å². The molecule has 0 aliphatic heterocycles. The van der Waals surface area contributed by atoms with Crippen molar-refractivity contribution in [2.75, 3.05) is 13.2 Å². The zero-order valence-corrected chi connectivity index (χ0v) is 19.4. The van der Waals surface area contributed by atoms with E-state index in [0.29, 0.717) is 30.6 Å². The van der Waals surface area contributed by atoms with E-state index in [1.165, 1.54) is 0 Å². The van der Waals surface area contributed by atoms with Crippen molar-refractivity contribution in [2.24, 2.45) is 10.2 Å². The highest BCUT2D eigenvalue weighted by Crippen LogP contribution is 2.25. The first-order valence-electron chi connectivity index (χ1n) is 11.1. The van der Waals surface area contributed by atoms with Gasteiger partial charge >= 0.3 is 0 Å². The summed E-state index contributed by atoms with van der Waals surface area (Å²) in [5.74, 6) is 0. The van der Waals surface area contributed by atoms with Gasteiger partial charge in [-0.05, 0) is 43.2 Å². The van der Waals surface area contributed by atoms with E-state index in [4.69, 9.17) is 9.66 Å². The summed E-state index contributed by atoms with van der Waals surface area (Å²) >= 11 is 0.672. The summed E-state index contributed by atoms with van der Waals surface area (Å²) in [4.78, 5) is 2.66. The largest absolute Gasteiger partial charge is 0.394 e. The Morgan fingerprint density at radius 3 is 2.29 bits per heavy atom. The number of rotatable bonds is 11. The lowest BCUT2D eigenvalue weighted by Crippen LogP contribution is -2.51. The Hall–Kier alpha value is -2.31. The van der Waals surface area contributed by atoms with Crippen molar-refractivity contribution < 1.29 is 30.1 Å². The van der Waals surface area contributed by atoms with E-state index < -0.39 is 31.0 Å². The third kappa shape index (κ3) is 7.09. The molecule has 184 valence electrons. The van der Waals surface area contributed by atoms with Crippen molar-refractivity contribution >= 4 is 17.7 Å². The molecule has 0 saturated heterocycles. The van der Waals surface area contributed by atoms with Crippen LogP contribution < -0.4 is 0 Å². The van der Waals surface area contributed by atoms with Crippen LogP contribution >= 0.6 is 12.0 Å². The number of hydrogen-bond acceptors (Lipinski definition) is 10. The van der Waals surface area contributed by atoms with Crippen molar-refractivity contribution in [1.82, 2.24) is 4.90 Å². The first-order chi connectivity index (χ1) is 16.4. The molecule has 0 radical (unpaired) electrons. The molecule has 2 aliphatic rings. The summed E-state index contributed by atoms with van der Waals surface area (Å²) in [5, 5.41) is 58.1. The lowest BCUT2D eigenvalue weighted by molar-refractivity contribution is -0.118. The smallest absolute Gasteiger partial charge is 0.111 e. The molecular weight excluding hydrogens is 458 g/mol. The Balaban J connectivity index is 1.67. The van der Waals surface area contributed by atoms with Gasteiger partial charge < -0.3 is 35.0 Å². The van der Waals surface area contributed by atoms with Crippen LogP contribution in [-0.4, -0.2) is 84.6 Å². The third-order valence-corrected chi connectivity index (χ3v) is 6.20. The molecule has 0 bridgehead atoms. The van der Waals surface area contributed by atoms with Crippen molar-refractivity contribution in [1.29, 1.82) is 0 Å². The summed E-state index contributed by atoms with van der Waals surface area (Å²) in [6.45, 7) is -0.712. The standard InChI is InChI=1S/C24H31N3O6S/c28-15-22(30)24(32)23(31)21(29)14-27(18-4-2-1-3-5-18)19-10-6-16(7-11-19)25-26-17-8-12-20(34-33)13-9-17/h1-4,6,8-13,16,18,21-24,28-33H,5,7,14-15H2. The summed E-state index contributed by atoms with van der Waals surface area (Å²) in [6.07, 6.45) is 8.74. The molecule has 0 saturated carbocycles. The second-order valence-corrected chi connectivity index (χ2v) is 8.81. The van der Waals surface area contributed by atoms with Crippen LogP contribution in [0.25, 0.3) is 0 Å². The van der Waals surface area contributed by atoms with E-state index in [1.54, 1.807) is 24.3 Å². The second-order valence-electron chi connectivity index (χ2n) is 8.16. The number of hydrogen-bond donors (Lipinski definition) is 6. The van der Waals surface area contributed by atoms with Gasteiger partial charge in [-0.25, -0.2) is 0 Å². The van der Waals surface area contributed by atoms with E-state index in [1.807, 2.05) is 47.4 Å². The highest BCUT2D eigenvalue weighted by Gasteiger charge is 2.32. The summed E-state index contributed by atoms with van der Waals surface area (Å²) < 4.78 is 9.05. The van der Waals surface area contributed by atoms with E-state index in [9.17, 15) is 20.4 Å². The molecule has 2 aliphatic carbocycles. The van der Waals surface area contributed by atoms with Gasteiger partial charge in [0.2, 0.25) is 0 Å². The van der Waals surface area contributed by atoms with Crippen LogP contribution in [0.5, 0.6) is 0 Å². The minimum Gasteiger partial charge on any atom is -0.394 e. The number of benzene rings is 1.